The summed E-state index contributed by atoms with van der Waals surface area (Å²) in [4.78, 5) is 6.77. The molecule has 1 atom stereocenters. The first kappa shape index (κ1) is 10.5. The fraction of sp³-hybridized carbons (Fsp3) is 0.667. The SMILES string of the molecule is NCC1CCCN1Cc1ncc(Br)s1. The van der Waals surface area contributed by atoms with Gasteiger partial charge in [-0.25, -0.2) is 4.98 Å². The second kappa shape index (κ2) is 4.70. The van der Waals surface area contributed by atoms with Crippen molar-refractivity contribution in [2.24, 2.45) is 5.73 Å². The summed E-state index contributed by atoms with van der Waals surface area (Å²) in [5.41, 5.74) is 5.72. The topological polar surface area (TPSA) is 42.1 Å². The second-order valence-electron chi connectivity index (χ2n) is 3.56. The third-order valence-corrected chi connectivity index (χ3v) is 4.10. The molecule has 1 aromatic heterocycles. The van der Waals surface area contributed by atoms with Crippen LogP contribution in [0, 0.1) is 0 Å². The lowest BCUT2D eigenvalue weighted by Gasteiger charge is -2.21. The predicted octanol–water partition coefficient (Wildman–Crippen LogP) is 1.83. The van der Waals surface area contributed by atoms with Crippen LogP contribution in [0.25, 0.3) is 0 Å². The normalized spacial score (nSPS) is 23.1. The van der Waals surface area contributed by atoms with Crippen LogP contribution in [0.2, 0.25) is 0 Å². The average molecular weight is 276 g/mol. The minimum absolute atomic E-state index is 0.567. The highest BCUT2D eigenvalue weighted by Crippen LogP contribution is 2.24. The van der Waals surface area contributed by atoms with Gasteiger partial charge < -0.3 is 5.73 Å². The lowest BCUT2D eigenvalue weighted by atomic mass is 10.2. The van der Waals surface area contributed by atoms with Crippen molar-refractivity contribution in [2.45, 2.75) is 25.4 Å². The molecule has 0 bridgehead atoms. The molecule has 1 aliphatic rings. The molecule has 0 aromatic carbocycles. The van der Waals surface area contributed by atoms with E-state index in [0.29, 0.717) is 6.04 Å². The van der Waals surface area contributed by atoms with E-state index in [1.165, 1.54) is 24.4 Å². The fourth-order valence-electron chi connectivity index (χ4n) is 1.91. The predicted molar refractivity (Wildman–Crippen MR) is 62.3 cm³/mol. The zero-order valence-corrected chi connectivity index (χ0v) is 10.4. The van der Waals surface area contributed by atoms with Crippen molar-refractivity contribution < 1.29 is 0 Å². The number of halogens is 1. The Labute approximate surface area is 96.4 Å². The van der Waals surface area contributed by atoms with Crippen molar-refractivity contribution in [1.29, 1.82) is 0 Å². The molecular formula is C9H14BrN3S. The van der Waals surface area contributed by atoms with Gasteiger partial charge in [0.15, 0.2) is 0 Å². The van der Waals surface area contributed by atoms with E-state index in [-0.39, 0.29) is 0 Å². The van der Waals surface area contributed by atoms with E-state index in [2.05, 4.69) is 25.8 Å². The number of nitrogens with zero attached hydrogens (tertiary/aromatic N) is 2. The van der Waals surface area contributed by atoms with Crippen LogP contribution in [0.1, 0.15) is 17.8 Å². The van der Waals surface area contributed by atoms with Crippen molar-refractivity contribution in [3.63, 3.8) is 0 Å². The summed E-state index contributed by atoms with van der Waals surface area (Å²) in [6, 6.07) is 0.567. The van der Waals surface area contributed by atoms with Gasteiger partial charge in [-0.3, -0.25) is 4.90 Å². The smallest absolute Gasteiger partial charge is 0.108 e. The molecular weight excluding hydrogens is 262 g/mol. The third kappa shape index (κ3) is 2.34. The maximum absolute atomic E-state index is 5.72. The Balaban J connectivity index is 1.96. The number of rotatable bonds is 3. The number of thiazole rings is 1. The molecule has 0 aliphatic carbocycles. The van der Waals surface area contributed by atoms with Gasteiger partial charge >= 0.3 is 0 Å². The van der Waals surface area contributed by atoms with Gasteiger partial charge in [-0.1, -0.05) is 0 Å². The first-order valence-corrected chi connectivity index (χ1v) is 6.45. The monoisotopic (exact) mass is 275 g/mol. The molecule has 0 radical (unpaired) electrons. The summed E-state index contributed by atoms with van der Waals surface area (Å²) >= 11 is 5.14. The standard InChI is InChI=1S/C9H14BrN3S/c10-8-5-12-9(14-8)6-13-3-1-2-7(13)4-11/h5,7H,1-4,6,11H2. The van der Waals surface area contributed by atoms with Crippen molar-refractivity contribution in [2.75, 3.05) is 13.1 Å². The Morgan fingerprint density at radius 1 is 1.71 bits per heavy atom. The molecule has 1 unspecified atom stereocenters. The number of likely N-dealkylation sites (tertiary alicyclic amines) is 1. The molecule has 3 nitrogen and oxygen atoms in total. The molecule has 1 aliphatic heterocycles. The van der Waals surface area contributed by atoms with E-state index in [0.717, 1.165) is 16.9 Å². The molecule has 1 aromatic rings. The number of hydrogen-bond donors (Lipinski definition) is 1. The van der Waals surface area contributed by atoms with Crippen LogP contribution in [0.15, 0.2) is 9.98 Å². The summed E-state index contributed by atoms with van der Waals surface area (Å²) in [5.74, 6) is 0. The highest BCUT2D eigenvalue weighted by molar-refractivity contribution is 9.11. The van der Waals surface area contributed by atoms with Crippen molar-refractivity contribution in [3.05, 3.63) is 15.0 Å². The lowest BCUT2D eigenvalue weighted by molar-refractivity contribution is 0.250. The molecule has 2 heterocycles. The lowest BCUT2D eigenvalue weighted by Crippen LogP contribution is -2.34. The minimum Gasteiger partial charge on any atom is -0.329 e. The van der Waals surface area contributed by atoms with Gasteiger partial charge in [-0.2, -0.15) is 0 Å². The maximum Gasteiger partial charge on any atom is 0.108 e. The van der Waals surface area contributed by atoms with Crippen LogP contribution in [0.3, 0.4) is 0 Å². The minimum atomic E-state index is 0.567. The Morgan fingerprint density at radius 2 is 2.57 bits per heavy atom. The number of aromatic nitrogens is 1. The van der Waals surface area contributed by atoms with Crippen molar-refractivity contribution in [1.82, 2.24) is 9.88 Å². The van der Waals surface area contributed by atoms with Crippen LogP contribution < -0.4 is 5.73 Å². The van der Waals surface area contributed by atoms with Crippen LogP contribution >= 0.6 is 27.3 Å². The molecule has 5 heteroatoms. The first-order chi connectivity index (χ1) is 6.79. The van der Waals surface area contributed by atoms with Gasteiger partial charge in [0.2, 0.25) is 0 Å². The Morgan fingerprint density at radius 3 is 3.21 bits per heavy atom. The molecule has 0 saturated carbocycles. The van der Waals surface area contributed by atoms with Gasteiger partial charge in [0.05, 0.1) is 16.5 Å². The van der Waals surface area contributed by atoms with E-state index < -0.39 is 0 Å². The summed E-state index contributed by atoms with van der Waals surface area (Å²) in [5, 5.41) is 1.18. The van der Waals surface area contributed by atoms with E-state index in [1.54, 1.807) is 11.3 Å². The zero-order chi connectivity index (χ0) is 9.97. The zero-order valence-electron chi connectivity index (χ0n) is 7.95. The summed E-state index contributed by atoms with van der Waals surface area (Å²) < 4.78 is 1.11. The molecule has 0 amide bonds. The molecule has 14 heavy (non-hydrogen) atoms. The largest absolute Gasteiger partial charge is 0.329 e. The average Bonchev–Trinajstić information content (AvgIpc) is 2.76. The maximum atomic E-state index is 5.72. The van der Waals surface area contributed by atoms with E-state index in [4.69, 9.17) is 5.73 Å². The highest BCUT2D eigenvalue weighted by Gasteiger charge is 2.23. The second-order valence-corrected chi connectivity index (χ2v) is 6.05. The van der Waals surface area contributed by atoms with E-state index in [9.17, 15) is 0 Å². The van der Waals surface area contributed by atoms with Gasteiger partial charge in [0.1, 0.15) is 5.01 Å². The Bertz CT molecular complexity index is 302. The van der Waals surface area contributed by atoms with E-state index >= 15 is 0 Å². The van der Waals surface area contributed by atoms with Gasteiger partial charge in [0, 0.05) is 12.6 Å². The first-order valence-electron chi connectivity index (χ1n) is 4.84. The molecule has 2 N–H and O–H groups in total. The Kier molecular flexibility index (Phi) is 3.54. The summed E-state index contributed by atoms with van der Waals surface area (Å²) in [6.07, 6.45) is 4.38. The van der Waals surface area contributed by atoms with Crippen LogP contribution in [-0.4, -0.2) is 29.0 Å². The van der Waals surface area contributed by atoms with Crippen LogP contribution in [0.5, 0.6) is 0 Å². The molecule has 78 valence electrons. The third-order valence-electron chi connectivity index (χ3n) is 2.63. The van der Waals surface area contributed by atoms with E-state index in [1.807, 2.05) is 6.20 Å². The molecule has 2 rings (SSSR count). The van der Waals surface area contributed by atoms with Crippen molar-refractivity contribution >= 4 is 27.3 Å². The van der Waals surface area contributed by atoms with Gasteiger partial charge in [0.25, 0.3) is 0 Å². The number of nitrogens with two attached hydrogens (primary N) is 1. The number of hydrogen-bond acceptors (Lipinski definition) is 4. The summed E-state index contributed by atoms with van der Waals surface area (Å²) in [7, 11) is 0. The van der Waals surface area contributed by atoms with Gasteiger partial charge in [-0.15, -0.1) is 11.3 Å². The van der Waals surface area contributed by atoms with Crippen molar-refractivity contribution in [3.8, 4) is 0 Å². The molecule has 1 fully saturated rings. The molecule has 0 spiro atoms. The van der Waals surface area contributed by atoms with Gasteiger partial charge in [-0.05, 0) is 35.3 Å². The quantitative estimate of drug-likeness (QED) is 0.915. The highest BCUT2D eigenvalue weighted by atomic mass is 79.9. The fourth-order valence-corrected chi connectivity index (χ4v) is 3.23. The molecule has 1 saturated heterocycles. The van der Waals surface area contributed by atoms with Crippen LogP contribution in [0.4, 0.5) is 0 Å². The summed E-state index contributed by atoms with van der Waals surface area (Å²) in [6.45, 7) is 2.89. The Hall–Kier alpha value is 0.0300. The van der Waals surface area contributed by atoms with Crippen LogP contribution in [-0.2, 0) is 6.54 Å².